The van der Waals surface area contributed by atoms with Crippen LogP contribution in [-0.4, -0.2) is 11.3 Å². The van der Waals surface area contributed by atoms with Crippen molar-refractivity contribution < 1.29 is 4.79 Å². The first-order valence-electron chi connectivity index (χ1n) is 4.46. The molecule has 1 aromatic rings. The second-order valence-electron chi connectivity index (χ2n) is 3.95. The van der Waals surface area contributed by atoms with Crippen LogP contribution in [0.1, 0.15) is 19.4 Å². The summed E-state index contributed by atoms with van der Waals surface area (Å²) >= 11 is 3.34. The van der Waals surface area contributed by atoms with Crippen LogP contribution < -0.4 is 5.73 Å². The predicted octanol–water partition coefficient (Wildman–Crippen LogP) is 2.30. The number of hydrogen-bond donors (Lipinski definition) is 1. The number of ketones is 1. The van der Waals surface area contributed by atoms with Gasteiger partial charge in [-0.05, 0) is 31.5 Å². The Morgan fingerprint density at radius 1 is 1.36 bits per heavy atom. The molecule has 0 aliphatic heterocycles. The van der Waals surface area contributed by atoms with E-state index in [0.717, 1.165) is 10.0 Å². The van der Waals surface area contributed by atoms with Crippen molar-refractivity contribution in [2.24, 2.45) is 5.73 Å². The highest BCUT2D eigenvalue weighted by Crippen LogP contribution is 2.12. The van der Waals surface area contributed by atoms with Gasteiger partial charge >= 0.3 is 0 Å². The van der Waals surface area contributed by atoms with Crippen LogP contribution in [0.15, 0.2) is 28.7 Å². The number of halogens is 1. The van der Waals surface area contributed by atoms with E-state index in [1.807, 2.05) is 24.3 Å². The molecule has 76 valence electrons. The maximum Gasteiger partial charge on any atom is 0.156 e. The van der Waals surface area contributed by atoms with Gasteiger partial charge < -0.3 is 5.73 Å². The summed E-state index contributed by atoms with van der Waals surface area (Å²) in [6.07, 6.45) is 0.400. The van der Waals surface area contributed by atoms with Gasteiger partial charge in [0.15, 0.2) is 5.78 Å². The van der Waals surface area contributed by atoms with Gasteiger partial charge in [-0.25, -0.2) is 0 Å². The first-order chi connectivity index (χ1) is 6.39. The van der Waals surface area contributed by atoms with Crippen molar-refractivity contribution in [3.8, 4) is 0 Å². The molecule has 0 unspecified atom stereocenters. The van der Waals surface area contributed by atoms with E-state index in [1.165, 1.54) is 0 Å². The second kappa shape index (κ2) is 4.24. The zero-order valence-electron chi connectivity index (χ0n) is 8.38. The molecule has 0 aliphatic carbocycles. The van der Waals surface area contributed by atoms with Crippen LogP contribution >= 0.6 is 15.9 Å². The normalized spacial score (nSPS) is 11.4. The Kier molecular flexibility index (Phi) is 3.45. The van der Waals surface area contributed by atoms with Crippen molar-refractivity contribution >= 4 is 21.7 Å². The minimum absolute atomic E-state index is 0.0554. The highest BCUT2D eigenvalue weighted by molar-refractivity contribution is 9.10. The molecule has 0 radical (unpaired) electrons. The molecule has 0 atom stereocenters. The lowest BCUT2D eigenvalue weighted by Crippen LogP contribution is -2.42. The molecule has 0 bridgehead atoms. The van der Waals surface area contributed by atoms with E-state index in [-0.39, 0.29) is 5.78 Å². The van der Waals surface area contributed by atoms with Crippen molar-refractivity contribution in [1.29, 1.82) is 0 Å². The van der Waals surface area contributed by atoms with E-state index < -0.39 is 5.54 Å². The number of carbonyl (C=O) groups is 1. The predicted molar refractivity (Wildman–Crippen MR) is 61.1 cm³/mol. The Labute approximate surface area is 92.6 Å². The Morgan fingerprint density at radius 2 is 1.86 bits per heavy atom. The van der Waals surface area contributed by atoms with Gasteiger partial charge in [-0.2, -0.15) is 0 Å². The number of rotatable bonds is 3. The molecule has 0 spiro atoms. The van der Waals surface area contributed by atoms with Crippen molar-refractivity contribution in [2.75, 3.05) is 0 Å². The third kappa shape index (κ3) is 3.24. The van der Waals surface area contributed by atoms with E-state index in [2.05, 4.69) is 15.9 Å². The molecule has 0 amide bonds. The average Bonchev–Trinajstić information content (AvgIpc) is 2.07. The van der Waals surface area contributed by atoms with E-state index in [4.69, 9.17) is 5.73 Å². The summed E-state index contributed by atoms with van der Waals surface area (Å²) in [6, 6.07) is 7.69. The third-order valence-electron chi connectivity index (χ3n) is 2.00. The fraction of sp³-hybridized carbons (Fsp3) is 0.364. The van der Waals surface area contributed by atoms with Crippen LogP contribution in [-0.2, 0) is 11.2 Å². The molecule has 1 aromatic carbocycles. The molecule has 3 heteroatoms. The molecule has 0 fully saturated rings. The fourth-order valence-corrected chi connectivity index (χ4v) is 1.28. The van der Waals surface area contributed by atoms with Gasteiger partial charge in [0.1, 0.15) is 0 Å². The van der Waals surface area contributed by atoms with Crippen molar-refractivity contribution in [2.45, 2.75) is 25.8 Å². The van der Waals surface area contributed by atoms with Crippen LogP contribution in [0.5, 0.6) is 0 Å². The molecular formula is C11H14BrNO. The Morgan fingerprint density at radius 3 is 2.29 bits per heavy atom. The highest BCUT2D eigenvalue weighted by atomic mass is 79.9. The van der Waals surface area contributed by atoms with Gasteiger partial charge in [-0.15, -0.1) is 0 Å². The zero-order valence-corrected chi connectivity index (χ0v) is 9.97. The van der Waals surface area contributed by atoms with Crippen LogP contribution in [0.2, 0.25) is 0 Å². The summed E-state index contributed by atoms with van der Waals surface area (Å²) in [4.78, 5) is 11.6. The van der Waals surface area contributed by atoms with Gasteiger partial charge in [0.2, 0.25) is 0 Å². The van der Waals surface area contributed by atoms with Crippen LogP contribution in [0.3, 0.4) is 0 Å². The zero-order chi connectivity index (χ0) is 10.8. The van der Waals surface area contributed by atoms with Crippen molar-refractivity contribution in [3.05, 3.63) is 34.3 Å². The minimum atomic E-state index is -0.743. The second-order valence-corrected chi connectivity index (χ2v) is 4.86. The van der Waals surface area contributed by atoms with Crippen LogP contribution in [0, 0.1) is 0 Å². The fourth-order valence-electron chi connectivity index (χ4n) is 1.02. The van der Waals surface area contributed by atoms with Gasteiger partial charge in [-0.3, -0.25) is 4.79 Å². The van der Waals surface area contributed by atoms with Crippen LogP contribution in [0.4, 0.5) is 0 Å². The lowest BCUT2D eigenvalue weighted by atomic mass is 9.95. The summed E-state index contributed by atoms with van der Waals surface area (Å²) < 4.78 is 1.01. The van der Waals surface area contributed by atoms with Gasteiger partial charge in [-0.1, -0.05) is 28.1 Å². The van der Waals surface area contributed by atoms with E-state index in [0.29, 0.717) is 6.42 Å². The molecule has 0 heterocycles. The smallest absolute Gasteiger partial charge is 0.156 e. The monoisotopic (exact) mass is 255 g/mol. The standard InChI is InChI=1S/C11H14BrNO/c1-11(2,13)10(14)7-8-3-5-9(12)6-4-8/h3-6H,7,13H2,1-2H3. The molecule has 1 rings (SSSR count). The SMILES string of the molecule is CC(C)(N)C(=O)Cc1ccc(Br)cc1. The molecule has 14 heavy (non-hydrogen) atoms. The molecular weight excluding hydrogens is 242 g/mol. The molecule has 2 N–H and O–H groups in total. The third-order valence-corrected chi connectivity index (χ3v) is 2.53. The summed E-state index contributed by atoms with van der Waals surface area (Å²) in [5.41, 5.74) is 5.95. The van der Waals surface area contributed by atoms with Gasteiger partial charge in [0.25, 0.3) is 0 Å². The topological polar surface area (TPSA) is 43.1 Å². The quantitative estimate of drug-likeness (QED) is 0.901. The Balaban J connectivity index is 2.71. The first kappa shape index (κ1) is 11.4. The number of Topliss-reactive ketones (excluding diaryl/α,β-unsaturated/α-hetero) is 1. The van der Waals surface area contributed by atoms with Crippen molar-refractivity contribution in [3.63, 3.8) is 0 Å². The minimum Gasteiger partial charge on any atom is -0.319 e. The summed E-state index contributed by atoms with van der Waals surface area (Å²) in [7, 11) is 0. The molecule has 2 nitrogen and oxygen atoms in total. The molecule has 0 saturated carbocycles. The lowest BCUT2D eigenvalue weighted by Gasteiger charge is -2.16. The summed E-state index contributed by atoms with van der Waals surface area (Å²) in [5, 5.41) is 0. The van der Waals surface area contributed by atoms with Gasteiger partial charge in [0.05, 0.1) is 5.54 Å². The summed E-state index contributed by atoms with van der Waals surface area (Å²) in [6.45, 7) is 3.46. The number of benzene rings is 1. The Hall–Kier alpha value is -0.670. The van der Waals surface area contributed by atoms with Gasteiger partial charge in [0, 0.05) is 10.9 Å². The van der Waals surface area contributed by atoms with Crippen LogP contribution in [0.25, 0.3) is 0 Å². The number of hydrogen-bond acceptors (Lipinski definition) is 2. The van der Waals surface area contributed by atoms with E-state index in [1.54, 1.807) is 13.8 Å². The first-order valence-corrected chi connectivity index (χ1v) is 5.25. The lowest BCUT2D eigenvalue weighted by molar-refractivity contribution is -0.122. The highest BCUT2D eigenvalue weighted by Gasteiger charge is 2.21. The Bertz CT molecular complexity index is 324. The number of carbonyl (C=O) groups excluding carboxylic acids is 1. The van der Waals surface area contributed by atoms with E-state index in [9.17, 15) is 4.79 Å². The number of nitrogens with two attached hydrogens (primary N) is 1. The maximum absolute atomic E-state index is 11.6. The molecule has 0 aromatic heterocycles. The van der Waals surface area contributed by atoms with E-state index >= 15 is 0 Å². The molecule has 0 aliphatic rings. The molecule has 0 saturated heterocycles. The largest absolute Gasteiger partial charge is 0.319 e. The summed E-state index contributed by atoms with van der Waals surface area (Å²) in [5.74, 6) is 0.0554. The van der Waals surface area contributed by atoms with Crippen molar-refractivity contribution in [1.82, 2.24) is 0 Å². The average molecular weight is 256 g/mol. The maximum atomic E-state index is 11.6.